The van der Waals surface area contributed by atoms with E-state index in [1.165, 1.54) is 37.9 Å². The third kappa shape index (κ3) is 4.15. The zero-order chi connectivity index (χ0) is 13.7. The van der Waals surface area contributed by atoms with E-state index in [4.69, 9.17) is 5.41 Å². The Morgan fingerprint density at radius 3 is 2.42 bits per heavy atom. The van der Waals surface area contributed by atoms with Crippen molar-refractivity contribution in [3.8, 4) is 0 Å². The number of nitrogens with one attached hydrogen (secondary N) is 1. The molecule has 0 saturated carbocycles. The van der Waals surface area contributed by atoms with E-state index in [-0.39, 0.29) is 0 Å². The van der Waals surface area contributed by atoms with Gasteiger partial charge in [-0.25, -0.2) is 0 Å². The molecular weight excluding hydrogens is 300 g/mol. The molecule has 1 saturated heterocycles. The van der Waals surface area contributed by atoms with E-state index in [1.807, 2.05) is 0 Å². The summed E-state index contributed by atoms with van der Waals surface area (Å²) in [5.41, 5.74) is 1.33. The Kier molecular flexibility index (Phi) is 5.59. The van der Waals surface area contributed by atoms with Gasteiger partial charge < -0.3 is 10.3 Å². The maximum Gasteiger partial charge on any atom is 0.0175 e. The predicted octanol–water partition coefficient (Wildman–Crippen LogP) is 4.30. The lowest BCUT2D eigenvalue weighted by Crippen LogP contribution is -2.36. The summed E-state index contributed by atoms with van der Waals surface area (Å²) in [6.07, 6.45) is 5.64. The Labute approximate surface area is 124 Å². The number of likely N-dealkylation sites (tertiary alicyclic amines) is 1. The van der Waals surface area contributed by atoms with Crippen LogP contribution in [-0.2, 0) is 0 Å². The largest absolute Gasteiger partial charge is 0.313 e. The van der Waals surface area contributed by atoms with Crippen LogP contribution in [0.4, 0.5) is 0 Å². The van der Waals surface area contributed by atoms with E-state index < -0.39 is 0 Å². The van der Waals surface area contributed by atoms with Gasteiger partial charge in [0.15, 0.2) is 0 Å². The molecule has 1 aliphatic rings. The molecule has 2 unspecified atom stereocenters. The third-order valence-electron chi connectivity index (χ3n) is 4.17. The summed E-state index contributed by atoms with van der Waals surface area (Å²) in [5.74, 6) is 0.729. The summed E-state index contributed by atoms with van der Waals surface area (Å²) in [6, 6.07) is 8.52. The minimum Gasteiger partial charge on any atom is -0.313 e. The first-order valence-corrected chi connectivity index (χ1v) is 7.98. The number of piperidine rings is 1. The molecule has 1 fully saturated rings. The normalized spacial score (nSPS) is 19.9. The Bertz CT molecular complexity index is 396. The summed E-state index contributed by atoms with van der Waals surface area (Å²) in [7, 11) is 0. The molecule has 1 aliphatic heterocycles. The average Bonchev–Trinajstić information content (AvgIpc) is 2.46. The predicted molar refractivity (Wildman–Crippen MR) is 85.1 cm³/mol. The molecule has 0 bridgehead atoms. The van der Waals surface area contributed by atoms with E-state index in [1.54, 1.807) is 6.21 Å². The van der Waals surface area contributed by atoms with Crippen molar-refractivity contribution in [3.05, 3.63) is 34.3 Å². The molecule has 2 rings (SSSR count). The lowest BCUT2D eigenvalue weighted by molar-refractivity contribution is 0.207. The van der Waals surface area contributed by atoms with E-state index in [0.29, 0.717) is 11.8 Å². The first kappa shape index (κ1) is 14.7. The van der Waals surface area contributed by atoms with Gasteiger partial charge in [-0.3, -0.25) is 0 Å². The van der Waals surface area contributed by atoms with Gasteiger partial charge in [-0.2, -0.15) is 0 Å². The summed E-state index contributed by atoms with van der Waals surface area (Å²) in [4.78, 5) is 2.52. The fraction of sp³-hybridized carbons (Fsp3) is 0.562. The van der Waals surface area contributed by atoms with Gasteiger partial charge in [0.25, 0.3) is 0 Å². The number of hydrogen-bond donors (Lipinski definition) is 1. The molecular formula is C16H23BrN2. The Morgan fingerprint density at radius 1 is 1.21 bits per heavy atom. The second-order valence-electron chi connectivity index (χ2n) is 5.53. The summed E-state index contributed by atoms with van der Waals surface area (Å²) in [6.45, 7) is 5.68. The van der Waals surface area contributed by atoms with E-state index in [9.17, 15) is 0 Å². The molecule has 1 N–H and O–H groups in total. The topological polar surface area (TPSA) is 27.1 Å². The number of nitrogens with zero attached hydrogens (tertiary/aromatic N) is 1. The van der Waals surface area contributed by atoms with Gasteiger partial charge in [0, 0.05) is 23.1 Å². The number of benzene rings is 1. The fourth-order valence-electron chi connectivity index (χ4n) is 2.81. The van der Waals surface area contributed by atoms with Gasteiger partial charge in [0.2, 0.25) is 0 Å². The fourth-order valence-corrected chi connectivity index (χ4v) is 3.07. The van der Waals surface area contributed by atoms with Crippen LogP contribution in [0.5, 0.6) is 0 Å². The first-order valence-electron chi connectivity index (χ1n) is 7.19. The molecule has 19 heavy (non-hydrogen) atoms. The van der Waals surface area contributed by atoms with Crippen LogP contribution in [0.3, 0.4) is 0 Å². The van der Waals surface area contributed by atoms with Crippen molar-refractivity contribution in [2.24, 2.45) is 5.92 Å². The van der Waals surface area contributed by atoms with Crippen molar-refractivity contribution in [1.29, 1.82) is 5.41 Å². The Hall–Kier alpha value is -0.670. The maximum atomic E-state index is 7.74. The Morgan fingerprint density at radius 2 is 1.84 bits per heavy atom. The van der Waals surface area contributed by atoms with Crippen LogP contribution in [-0.4, -0.2) is 30.7 Å². The molecule has 2 nitrogen and oxygen atoms in total. The second kappa shape index (κ2) is 7.20. The molecule has 1 aromatic carbocycles. The third-order valence-corrected chi connectivity index (χ3v) is 4.70. The van der Waals surface area contributed by atoms with Crippen molar-refractivity contribution < 1.29 is 0 Å². The monoisotopic (exact) mass is 322 g/mol. The minimum absolute atomic E-state index is 0.319. The SMILES string of the molecule is CC(c1ccc(Br)cc1)C(C=N)CN1CCCCC1. The van der Waals surface area contributed by atoms with Crippen molar-refractivity contribution in [3.63, 3.8) is 0 Å². The number of halogens is 1. The lowest BCUT2D eigenvalue weighted by atomic mass is 9.87. The summed E-state index contributed by atoms with van der Waals surface area (Å²) in [5, 5.41) is 7.74. The molecule has 1 aromatic rings. The lowest BCUT2D eigenvalue weighted by Gasteiger charge is -2.31. The standard InChI is InChI=1S/C16H23BrN2/c1-13(14-5-7-16(17)8-6-14)15(11-18)12-19-9-3-2-4-10-19/h5-8,11,13,15,18H,2-4,9-10,12H2,1H3. The van der Waals surface area contributed by atoms with Crippen LogP contribution in [0.1, 0.15) is 37.7 Å². The van der Waals surface area contributed by atoms with Crippen molar-refractivity contribution in [2.45, 2.75) is 32.1 Å². The van der Waals surface area contributed by atoms with Crippen molar-refractivity contribution in [1.82, 2.24) is 4.90 Å². The Balaban J connectivity index is 1.99. The van der Waals surface area contributed by atoms with E-state index in [2.05, 4.69) is 52.0 Å². The minimum atomic E-state index is 0.319. The smallest absolute Gasteiger partial charge is 0.0175 e. The van der Waals surface area contributed by atoms with Gasteiger partial charge in [-0.15, -0.1) is 0 Å². The maximum absolute atomic E-state index is 7.74. The first-order chi connectivity index (χ1) is 9.20. The van der Waals surface area contributed by atoms with Gasteiger partial charge in [-0.1, -0.05) is 41.4 Å². The molecule has 0 spiro atoms. The van der Waals surface area contributed by atoms with Crippen LogP contribution in [0.15, 0.2) is 28.7 Å². The van der Waals surface area contributed by atoms with Crippen molar-refractivity contribution >= 4 is 22.1 Å². The molecule has 2 atom stereocenters. The molecule has 3 heteroatoms. The highest BCUT2D eigenvalue weighted by molar-refractivity contribution is 9.10. The van der Waals surface area contributed by atoms with Crippen LogP contribution < -0.4 is 0 Å². The van der Waals surface area contributed by atoms with E-state index in [0.717, 1.165) is 11.0 Å². The molecule has 1 heterocycles. The van der Waals surface area contributed by atoms with Gasteiger partial charge in [-0.05, 0) is 49.5 Å². The molecule has 104 valence electrons. The quantitative estimate of drug-likeness (QED) is 0.804. The average molecular weight is 323 g/mol. The molecule has 0 aromatic heterocycles. The number of rotatable bonds is 5. The zero-order valence-corrected chi connectivity index (χ0v) is 13.2. The molecule has 0 radical (unpaired) electrons. The molecule has 0 amide bonds. The second-order valence-corrected chi connectivity index (χ2v) is 6.45. The van der Waals surface area contributed by atoms with Crippen LogP contribution >= 0.6 is 15.9 Å². The molecule has 0 aliphatic carbocycles. The summed E-state index contributed by atoms with van der Waals surface area (Å²) >= 11 is 3.48. The number of hydrogen-bond acceptors (Lipinski definition) is 2. The van der Waals surface area contributed by atoms with Crippen LogP contribution in [0, 0.1) is 11.3 Å². The summed E-state index contributed by atoms with van der Waals surface area (Å²) < 4.78 is 1.12. The van der Waals surface area contributed by atoms with Gasteiger partial charge in [0.1, 0.15) is 0 Å². The van der Waals surface area contributed by atoms with Crippen molar-refractivity contribution in [2.75, 3.05) is 19.6 Å². The van der Waals surface area contributed by atoms with E-state index >= 15 is 0 Å². The van der Waals surface area contributed by atoms with Crippen LogP contribution in [0.25, 0.3) is 0 Å². The highest BCUT2D eigenvalue weighted by Crippen LogP contribution is 2.26. The zero-order valence-electron chi connectivity index (χ0n) is 11.6. The van der Waals surface area contributed by atoms with Gasteiger partial charge in [0.05, 0.1) is 0 Å². The van der Waals surface area contributed by atoms with Gasteiger partial charge >= 0.3 is 0 Å². The highest BCUT2D eigenvalue weighted by atomic mass is 79.9. The van der Waals surface area contributed by atoms with Crippen LogP contribution in [0.2, 0.25) is 0 Å². The highest BCUT2D eigenvalue weighted by Gasteiger charge is 2.21.